The molecule has 1 aliphatic rings. The van der Waals surface area contributed by atoms with Gasteiger partial charge in [-0.25, -0.2) is 0 Å². The standard InChI is InChI=1S/C12H24O3Si/c1-9(10(13)15-11(2,3)4)12(16)7-5-6-8-14-12/h9H,5-8H2,1-4,16H3. The normalized spacial score (nSPS) is 28.8. The Morgan fingerprint density at radius 3 is 2.50 bits per heavy atom. The second-order valence-corrected chi connectivity index (χ2v) is 7.57. The summed E-state index contributed by atoms with van der Waals surface area (Å²) in [6.45, 7) is 8.43. The van der Waals surface area contributed by atoms with E-state index in [9.17, 15) is 4.79 Å². The van der Waals surface area contributed by atoms with E-state index in [0.717, 1.165) is 36.1 Å². The number of ether oxygens (including phenoxy) is 2. The lowest BCUT2D eigenvalue weighted by atomic mass is 9.96. The van der Waals surface area contributed by atoms with Crippen molar-refractivity contribution < 1.29 is 14.3 Å². The summed E-state index contributed by atoms with van der Waals surface area (Å²) in [4.78, 5) is 12.0. The molecule has 0 saturated carbocycles. The van der Waals surface area contributed by atoms with Gasteiger partial charge in [-0.3, -0.25) is 4.79 Å². The van der Waals surface area contributed by atoms with Crippen LogP contribution in [0.3, 0.4) is 0 Å². The van der Waals surface area contributed by atoms with Crippen molar-refractivity contribution in [3.05, 3.63) is 0 Å². The van der Waals surface area contributed by atoms with Gasteiger partial charge in [-0.2, -0.15) is 0 Å². The number of hydrogen-bond donors (Lipinski definition) is 0. The average molecular weight is 244 g/mol. The molecule has 0 aromatic heterocycles. The number of rotatable bonds is 2. The molecule has 0 aromatic carbocycles. The van der Waals surface area contributed by atoms with Crippen molar-refractivity contribution in [1.82, 2.24) is 0 Å². The van der Waals surface area contributed by atoms with Crippen LogP contribution in [0, 0.1) is 5.92 Å². The second-order valence-electron chi connectivity index (χ2n) is 5.87. The first-order chi connectivity index (χ1) is 7.25. The van der Waals surface area contributed by atoms with Gasteiger partial charge >= 0.3 is 5.97 Å². The molecule has 1 fully saturated rings. The predicted octanol–water partition coefficient (Wildman–Crippen LogP) is 1.23. The first-order valence-corrected chi connectivity index (χ1v) is 7.11. The molecule has 0 radical (unpaired) electrons. The van der Waals surface area contributed by atoms with E-state index >= 15 is 0 Å². The zero-order valence-corrected chi connectivity index (χ0v) is 13.1. The highest BCUT2D eigenvalue weighted by atomic mass is 28.1. The molecule has 1 rings (SSSR count). The Balaban J connectivity index is 2.61. The van der Waals surface area contributed by atoms with Gasteiger partial charge in [0.15, 0.2) is 0 Å². The van der Waals surface area contributed by atoms with Crippen LogP contribution in [0.5, 0.6) is 0 Å². The van der Waals surface area contributed by atoms with E-state index in [2.05, 4.69) is 0 Å². The Morgan fingerprint density at radius 2 is 2.06 bits per heavy atom. The summed E-state index contributed by atoms with van der Waals surface area (Å²) in [5.74, 6) is -0.261. The van der Waals surface area contributed by atoms with Crippen LogP contribution in [0.2, 0.25) is 0 Å². The van der Waals surface area contributed by atoms with Gasteiger partial charge in [0.1, 0.15) is 5.60 Å². The van der Waals surface area contributed by atoms with Crippen LogP contribution >= 0.6 is 0 Å². The van der Waals surface area contributed by atoms with Crippen LogP contribution in [0.4, 0.5) is 0 Å². The molecule has 0 amide bonds. The van der Waals surface area contributed by atoms with Gasteiger partial charge in [-0.15, -0.1) is 0 Å². The van der Waals surface area contributed by atoms with Crippen molar-refractivity contribution >= 4 is 16.2 Å². The van der Waals surface area contributed by atoms with E-state index in [4.69, 9.17) is 9.47 Å². The van der Waals surface area contributed by atoms with Crippen molar-refractivity contribution in [2.75, 3.05) is 6.61 Å². The molecule has 2 atom stereocenters. The summed E-state index contributed by atoms with van der Waals surface area (Å²) in [6, 6.07) is 0. The molecule has 94 valence electrons. The Morgan fingerprint density at radius 1 is 1.44 bits per heavy atom. The quantitative estimate of drug-likeness (QED) is 0.541. The van der Waals surface area contributed by atoms with Crippen LogP contribution in [0.15, 0.2) is 0 Å². The molecule has 16 heavy (non-hydrogen) atoms. The molecule has 0 aromatic rings. The Bertz CT molecular complexity index is 251. The van der Waals surface area contributed by atoms with Crippen LogP contribution < -0.4 is 0 Å². The Hall–Kier alpha value is -0.353. The maximum absolute atomic E-state index is 12.0. The summed E-state index contributed by atoms with van der Waals surface area (Å²) >= 11 is 0. The number of hydrogen-bond acceptors (Lipinski definition) is 3. The monoisotopic (exact) mass is 244 g/mol. The third-order valence-electron chi connectivity index (χ3n) is 3.18. The van der Waals surface area contributed by atoms with Gasteiger partial charge in [0.2, 0.25) is 0 Å². The fourth-order valence-electron chi connectivity index (χ4n) is 1.94. The highest BCUT2D eigenvalue weighted by molar-refractivity contribution is 6.16. The maximum Gasteiger partial charge on any atom is 0.311 e. The minimum Gasteiger partial charge on any atom is -0.460 e. The first kappa shape index (κ1) is 13.7. The SMILES string of the molecule is CC(C(=O)OC(C)(C)C)C1([SiH3])CCCCO1. The van der Waals surface area contributed by atoms with Crippen molar-refractivity contribution in [2.24, 2.45) is 5.92 Å². The highest BCUT2D eigenvalue weighted by Crippen LogP contribution is 2.30. The third kappa shape index (κ3) is 3.59. The van der Waals surface area contributed by atoms with Crippen LogP contribution in [-0.4, -0.2) is 33.6 Å². The second kappa shape index (κ2) is 4.88. The van der Waals surface area contributed by atoms with Crippen molar-refractivity contribution in [3.8, 4) is 0 Å². The number of carbonyl (C=O) groups excluding carboxylic acids is 1. The van der Waals surface area contributed by atoms with E-state index < -0.39 is 5.60 Å². The van der Waals surface area contributed by atoms with Gasteiger partial charge < -0.3 is 9.47 Å². The Kier molecular flexibility index (Phi) is 4.18. The highest BCUT2D eigenvalue weighted by Gasteiger charge is 2.39. The van der Waals surface area contributed by atoms with Crippen LogP contribution in [0.25, 0.3) is 0 Å². The largest absolute Gasteiger partial charge is 0.460 e. The molecule has 0 spiro atoms. The van der Waals surface area contributed by atoms with Gasteiger partial charge in [-0.1, -0.05) is 0 Å². The number of esters is 1. The lowest BCUT2D eigenvalue weighted by Crippen LogP contribution is -2.48. The minimum absolute atomic E-state index is 0.121. The van der Waals surface area contributed by atoms with Crippen LogP contribution in [-0.2, 0) is 14.3 Å². The molecule has 0 aliphatic carbocycles. The summed E-state index contributed by atoms with van der Waals surface area (Å²) in [6.07, 6.45) is 3.28. The molecule has 1 saturated heterocycles. The molecule has 0 N–H and O–H groups in total. The zero-order valence-electron chi connectivity index (χ0n) is 11.1. The fourth-order valence-corrected chi connectivity index (χ4v) is 2.73. The molecule has 2 unspecified atom stereocenters. The lowest BCUT2D eigenvalue weighted by Gasteiger charge is -2.38. The van der Waals surface area contributed by atoms with Crippen molar-refractivity contribution in [3.63, 3.8) is 0 Å². The molecule has 1 heterocycles. The van der Waals surface area contributed by atoms with E-state index in [0.29, 0.717) is 0 Å². The van der Waals surface area contributed by atoms with Crippen molar-refractivity contribution in [1.29, 1.82) is 0 Å². The summed E-state index contributed by atoms with van der Waals surface area (Å²) < 4.78 is 11.2. The molecule has 4 heteroatoms. The predicted molar refractivity (Wildman–Crippen MR) is 67.5 cm³/mol. The van der Waals surface area contributed by atoms with Gasteiger partial charge in [0, 0.05) is 16.8 Å². The fraction of sp³-hybridized carbons (Fsp3) is 0.917. The topological polar surface area (TPSA) is 35.5 Å². The van der Waals surface area contributed by atoms with E-state index in [1.54, 1.807) is 0 Å². The van der Waals surface area contributed by atoms with E-state index in [1.165, 1.54) is 0 Å². The molecule has 0 bridgehead atoms. The summed E-state index contributed by atoms with van der Waals surface area (Å²) in [5, 5.41) is -0.208. The minimum atomic E-state index is -0.405. The smallest absolute Gasteiger partial charge is 0.311 e. The number of carbonyl (C=O) groups is 1. The van der Waals surface area contributed by atoms with E-state index in [-0.39, 0.29) is 17.1 Å². The molecular weight excluding hydrogens is 220 g/mol. The first-order valence-electron chi connectivity index (χ1n) is 6.11. The van der Waals surface area contributed by atoms with Crippen LogP contribution in [0.1, 0.15) is 47.0 Å². The van der Waals surface area contributed by atoms with Gasteiger partial charge in [-0.05, 0) is 47.0 Å². The Labute approximate surface area is 101 Å². The molecule has 1 aliphatic heterocycles. The van der Waals surface area contributed by atoms with Gasteiger partial charge in [0.25, 0.3) is 0 Å². The van der Waals surface area contributed by atoms with Gasteiger partial charge in [0.05, 0.1) is 11.1 Å². The van der Waals surface area contributed by atoms with E-state index in [1.807, 2.05) is 27.7 Å². The lowest BCUT2D eigenvalue weighted by molar-refractivity contribution is -0.169. The summed E-state index contributed by atoms with van der Waals surface area (Å²) in [5.41, 5.74) is -0.405. The average Bonchev–Trinajstić information content (AvgIpc) is 2.15. The molecule has 3 nitrogen and oxygen atoms in total. The maximum atomic E-state index is 12.0. The third-order valence-corrected chi connectivity index (χ3v) is 4.83. The molecular formula is C12H24O3Si. The summed E-state index contributed by atoms with van der Waals surface area (Å²) in [7, 11) is 0.880. The van der Waals surface area contributed by atoms with Crippen molar-refractivity contribution in [2.45, 2.75) is 57.8 Å². The zero-order chi connectivity index (χ0) is 12.4.